The fourth-order valence-electron chi connectivity index (χ4n) is 8.34. The molecular formula is C27H44N2O3Pt. The van der Waals surface area contributed by atoms with E-state index in [2.05, 4.69) is 13.8 Å². The van der Waals surface area contributed by atoms with Gasteiger partial charge in [-0.05, 0) is 94.0 Å². The van der Waals surface area contributed by atoms with E-state index in [1.807, 2.05) is 6.08 Å². The molecule has 0 spiro atoms. The van der Waals surface area contributed by atoms with E-state index in [9.17, 15) is 14.7 Å². The van der Waals surface area contributed by atoms with Gasteiger partial charge in [0.15, 0.2) is 11.6 Å². The number of aliphatic hydroxyl groups is 1. The monoisotopic (exact) mass is 639 g/mol. The van der Waals surface area contributed by atoms with Crippen LogP contribution in [0.15, 0.2) is 11.6 Å². The van der Waals surface area contributed by atoms with Gasteiger partial charge in [0, 0.05) is 45.0 Å². The van der Waals surface area contributed by atoms with Crippen LogP contribution in [-0.4, -0.2) is 34.4 Å². The number of hydrogen-bond acceptors (Lipinski definition) is 5. The van der Waals surface area contributed by atoms with Crippen LogP contribution < -0.4 is 11.5 Å². The molecule has 5 aliphatic rings. The van der Waals surface area contributed by atoms with Crippen molar-refractivity contribution < 1.29 is 35.8 Å². The molecule has 3 unspecified atom stereocenters. The van der Waals surface area contributed by atoms with E-state index in [1.165, 1.54) is 18.4 Å². The number of fused-ring (bicyclic) bond motifs is 5. The Morgan fingerprint density at radius 3 is 2.12 bits per heavy atom. The molecular weight excluding hydrogens is 595 g/mol. The van der Waals surface area contributed by atoms with Crippen molar-refractivity contribution in [3.8, 4) is 0 Å². The van der Waals surface area contributed by atoms with Crippen molar-refractivity contribution in [2.24, 2.45) is 40.1 Å². The maximum Gasteiger partial charge on any atom is 0.161 e. The summed E-state index contributed by atoms with van der Waals surface area (Å²) < 4.78 is 0. The number of hydrogen-bond donors (Lipinski definition) is 3. The van der Waals surface area contributed by atoms with Gasteiger partial charge in [-0.15, -0.1) is 0 Å². The minimum atomic E-state index is -1.12. The van der Waals surface area contributed by atoms with Gasteiger partial charge < -0.3 is 16.6 Å². The maximum absolute atomic E-state index is 12.2. The van der Waals surface area contributed by atoms with Crippen LogP contribution in [0.25, 0.3) is 0 Å². The third-order valence-corrected chi connectivity index (χ3v) is 10.6. The van der Waals surface area contributed by atoms with Crippen molar-refractivity contribution in [2.45, 2.75) is 116 Å². The van der Waals surface area contributed by atoms with Crippen molar-refractivity contribution in [3.63, 3.8) is 0 Å². The molecule has 5 rings (SSSR count). The number of carbonyl (C=O) groups excluding carboxylic acids is 2. The minimum absolute atomic E-state index is 0. The summed E-state index contributed by atoms with van der Waals surface area (Å²) in [6.45, 7) is 6.10. The summed E-state index contributed by atoms with van der Waals surface area (Å²) in [6.07, 6.45) is 14.2. The standard InChI is InChI=1S/C21H30O3.C6H14N2.Pt/c1-13(22)21(24)11-8-18-16-5-4-14-12-15(23)6-9-19(14,2)17(16)7-10-20(18,21)3;7-5-3-1-2-4-6(5)8;/h12,16-18,24H,4-11H2,1-3H3;5-6H,1-4,7-8H2;/t16?,17?,18?,19-,20-,21-;5-,6-;/m01./s1. The minimum Gasteiger partial charge on any atom is -0.382 e. The zero-order valence-corrected chi connectivity index (χ0v) is 23.0. The van der Waals surface area contributed by atoms with Crippen molar-refractivity contribution in [2.75, 3.05) is 0 Å². The summed E-state index contributed by atoms with van der Waals surface area (Å²) in [7, 11) is 0. The number of allylic oxidation sites excluding steroid dienone is 1. The Labute approximate surface area is 214 Å². The number of ketones is 2. The molecule has 0 heterocycles. The Morgan fingerprint density at radius 1 is 0.939 bits per heavy atom. The second-order valence-electron chi connectivity index (χ2n) is 12.0. The van der Waals surface area contributed by atoms with Crippen LogP contribution in [0.3, 0.4) is 0 Å². The molecule has 0 amide bonds. The first-order chi connectivity index (χ1) is 15.0. The molecule has 5 N–H and O–H groups in total. The van der Waals surface area contributed by atoms with E-state index < -0.39 is 5.60 Å². The van der Waals surface area contributed by atoms with Gasteiger partial charge in [0.2, 0.25) is 0 Å². The normalized spacial score (nSPS) is 46.4. The van der Waals surface area contributed by atoms with Crippen LogP contribution in [0, 0.1) is 28.6 Å². The van der Waals surface area contributed by atoms with E-state index in [4.69, 9.17) is 11.5 Å². The second-order valence-corrected chi connectivity index (χ2v) is 12.0. The topological polar surface area (TPSA) is 106 Å². The predicted molar refractivity (Wildman–Crippen MR) is 127 cm³/mol. The van der Waals surface area contributed by atoms with Crippen LogP contribution >= 0.6 is 0 Å². The van der Waals surface area contributed by atoms with Crippen LogP contribution in [-0.2, 0) is 30.7 Å². The van der Waals surface area contributed by atoms with E-state index >= 15 is 0 Å². The number of Topliss-reactive ketones (excluding diaryl/α,β-unsaturated/α-hetero) is 1. The van der Waals surface area contributed by atoms with E-state index in [-0.39, 0.29) is 49.8 Å². The number of carbonyl (C=O) groups is 2. The first-order valence-electron chi connectivity index (χ1n) is 13.0. The molecule has 33 heavy (non-hydrogen) atoms. The van der Waals surface area contributed by atoms with Gasteiger partial charge in [-0.25, -0.2) is 0 Å². The predicted octanol–water partition coefficient (Wildman–Crippen LogP) is 4.05. The van der Waals surface area contributed by atoms with Crippen LogP contribution in [0.5, 0.6) is 0 Å². The molecule has 0 aromatic carbocycles. The fourth-order valence-corrected chi connectivity index (χ4v) is 8.34. The summed E-state index contributed by atoms with van der Waals surface area (Å²) in [5, 5.41) is 11.1. The summed E-state index contributed by atoms with van der Waals surface area (Å²) in [5.41, 5.74) is 11.5. The third-order valence-electron chi connectivity index (χ3n) is 10.6. The molecule has 4 fully saturated rings. The SMILES string of the molecule is CC(=O)[C@@]1(O)CCC2C3CCC4=CC(=O)CC[C@]4(C)C3CC[C@@]21C.N[C@@H]1CCCC[C@H]1N.[Pt]. The Hall–Kier alpha value is -0.352. The molecule has 0 aromatic heterocycles. The van der Waals surface area contributed by atoms with Gasteiger partial charge in [0.25, 0.3) is 0 Å². The summed E-state index contributed by atoms with van der Waals surface area (Å²) in [5.74, 6) is 1.90. The Kier molecular flexibility index (Phi) is 8.22. The summed E-state index contributed by atoms with van der Waals surface area (Å²) >= 11 is 0. The van der Waals surface area contributed by atoms with Gasteiger partial charge in [0.1, 0.15) is 5.60 Å². The van der Waals surface area contributed by atoms with E-state index in [0.717, 1.165) is 51.4 Å². The van der Waals surface area contributed by atoms with Crippen molar-refractivity contribution >= 4 is 11.6 Å². The average molecular weight is 640 g/mol. The zero-order chi connectivity index (χ0) is 23.3. The summed E-state index contributed by atoms with van der Waals surface area (Å²) in [6, 6.07) is 0.562. The maximum atomic E-state index is 12.2. The fraction of sp³-hybridized carbons (Fsp3) is 0.852. The Balaban J connectivity index is 0.000000290. The second kappa shape index (κ2) is 9.95. The molecule has 5 nitrogen and oxygen atoms in total. The number of rotatable bonds is 1. The van der Waals surface area contributed by atoms with E-state index in [1.54, 1.807) is 6.92 Å². The molecule has 0 radical (unpaired) electrons. The molecule has 0 aromatic rings. The van der Waals surface area contributed by atoms with Crippen LogP contribution in [0.4, 0.5) is 0 Å². The summed E-state index contributed by atoms with van der Waals surface area (Å²) in [4.78, 5) is 24.1. The van der Waals surface area contributed by atoms with Gasteiger partial charge in [-0.2, -0.15) is 0 Å². The first-order valence-corrected chi connectivity index (χ1v) is 13.0. The number of nitrogens with two attached hydrogens (primary N) is 2. The molecule has 0 bridgehead atoms. The molecule has 190 valence electrons. The van der Waals surface area contributed by atoms with E-state index in [0.29, 0.717) is 36.4 Å². The van der Waals surface area contributed by atoms with Crippen LogP contribution in [0.1, 0.15) is 97.8 Å². The van der Waals surface area contributed by atoms with Gasteiger partial charge >= 0.3 is 0 Å². The Morgan fingerprint density at radius 2 is 1.55 bits per heavy atom. The van der Waals surface area contributed by atoms with Crippen molar-refractivity contribution in [1.29, 1.82) is 0 Å². The first kappa shape index (κ1) is 27.2. The molecule has 0 saturated heterocycles. The Bertz CT molecular complexity index is 790. The smallest absolute Gasteiger partial charge is 0.161 e. The molecule has 4 saturated carbocycles. The zero-order valence-electron chi connectivity index (χ0n) is 20.7. The molecule has 0 aliphatic heterocycles. The van der Waals surface area contributed by atoms with Crippen LogP contribution in [0.2, 0.25) is 0 Å². The van der Waals surface area contributed by atoms with Gasteiger partial charge in [-0.3, -0.25) is 9.59 Å². The quantitative estimate of drug-likeness (QED) is 0.402. The van der Waals surface area contributed by atoms with Crippen molar-refractivity contribution in [3.05, 3.63) is 11.6 Å². The largest absolute Gasteiger partial charge is 0.382 e. The van der Waals surface area contributed by atoms with Gasteiger partial charge in [0.05, 0.1) is 0 Å². The molecule has 6 heteroatoms. The molecule has 5 aliphatic carbocycles. The molecule has 8 atom stereocenters. The van der Waals surface area contributed by atoms with Crippen molar-refractivity contribution in [1.82, 2.24) is 0 Å². The van der Waals surface area contributed by atoms with Gasteiger partial charge in [-0.1, -0.05) is 32.3 Å². The average Bonchev–Trinajstić information content (AvgIpc) is 3.03. The third kappa shape index (κ3) is 4.50.